The molecule has 1 heterocycles. The summed E-state index contributed by atoms with van der Waals surface area (Å²) in [5.74, 6) is -1.50. The number of carbonyl (C=O) groups excluding carboxylic acids is 1. The van der Waals surface area contributed by atoms with Gasteiger partial charge in [-0.2, -0.15) is 0 Å². The molecular weight excluding hydrogens is 410 g/mol. The fourth-order valence-electron chi connectivity index (χ4n) is 4.21. The van der Waals surface area contributed by atoms with E-state index in [1.807, 2.05) is 24.3 Å². The smallest absolute Gasteiger partial charge is 0.319 e. The van der Waals surface area contributed by atoms with Crippen LogP contribution in [0.1, 0.15) is 18.4 Å². The van der Waals surface area contributed by atoms with E-state index >= 15 is 0 Å². The predicted molar refractivity (Wildman–Crippen MR) is 123 cm³/mol. The van der Waals surface area contributed by atoms with E-state index in [1.165, 1.54) is 6.07 Å². The van der Waals surface area contributed by atoms with Gasteiger partial charge in [0.05, 0.1) is 5.69 Å². The van der Waals surface area contributed by atoms with Crippen LogP contribution in [0.2, 0.25) is 0 Å². The van der Waals surface area contributed by atoms with E-state index in [0.29, 0.717) is 12.2 Å². The third-order valence-corrected chi connectivity index (χ3v) is 6.04. The molecule has 1 saturated heterocycles. The van der Waals surface area contributed by atoms with Crippen molar-refractivity contribution in [1.82, 2.24) is 10.6 Å². The van der Waals surface area contributed by atoms with Crippen molar-refractivity contribution in [2.75, 3.05) is 30.7 Å². The number of nitrogen functional groups attached to an aromatic ring is 1. The van der Waals surface area contributed by atoms with Crippen LogP contribution < -0.4 is 21.7 Å². The maximum absolute atomic E-state index is 13.9. The van der Waals surface area contributed by atoms with Gasteiger partial charge in [0.1, 0.15) is 11.6 Å². The van der Waals surface area contributed by atoms with Gasteiger partial charge in [-0.3, -0.25) is 0 Å². The largest absolute Gasteiger partial charge is 0.399 e. The van der Waals surface area contributed by atoms with E-state index in [0.717, 1.165) is 54.8 Å². The molecule has 0 saturated carbocycles. The van der Waals surface area contributed by atoms with E-state index in [1.54, 1.807) is 0 Å². The number of benzene rings is 3. The number of hydrogen-bond donors (Lipinski definition) is 4. The van der Waals surface area contributed by atoms with Crippen molar-refractivity contribution in [3.05, 3.63) is 83.9 Å². The average Bonchev–Trinajstić information content (AvgIpc) is 2.80. The van der Waals surface area contributed by atoms with Crippen LogP contribution in [-0.2, 0) is 5.41 Å². The van der Waals surface area contributed by atoms with Gasteiger partial charge < -0.3 is 21.7 Å². The normalized spacial score (nSPS) is 15.2. The van der Waals surface area contributed by atoms with Crippen LogP contribution in [0, 0.1) is 11.6 Å². The molecule has 1 aliphatic heterocycles. The molecule has 0 aromatic heterocycles. The Balaban J connectivity index is 1.49. The zero-order chi connectivity index (χ0) is 22.6. The van der Waals surface area contributed by atoms with Gasteiger partial charge in [-0.1, -0.05) is 36.4 Å². The predicted octanol–water partition coefficient (Wildman–Crippen LogP) is 4.66. The highest BCUT2D eigenvalue weighted by molar-refractivity contribution is 5.89. The highest BCUT2D eigenvalue weighted by Gasteiger charge is 2.34. The molecule has 0 bridgehead atoms. The minimum absolute atomic E-state index is 0.0604. The Kier molecular flexibility index (Phi) is 6.37. The summed E-state index contributed by atoms with van der Waals surface area (Å²) in [5.41, 5.74) is 9.59. The first-order chi connectivity index (χ1) is 15.4. The van der Waals surface area contributed by atoms with Crippen LogP contribution in [0.15, 0.2) is 66.7 Å². The Morgan fingerprint density at radius 1 is 0.969 bits per heavy atom. The maximum atomic E-state index is 13.9. The first kappa shape index (κ1) is 21.8. The molecule has 1 aliphatic rings. The molecule has 0 atom stereocenters. The lowest BCUT2D eigenvalue weighted by atomic mass is 9.73. The van der Waals surface area contributed by atoms with Crippen LogP contribution in [0.25, 0.3) is 11.1 Å². The number of rotatable bonds is 5. The number of amides is 2. The number of hydrogen-bond acceptors (Lipinski definition) is 3. The molecule has 7 heteroatoms. The van der Waals surface area contributed by atoms with Gasteiger partial charge in [0.2, 0.25) is 0 Å². The zero-order valence-corrected chi connectivity index (χ0v) is 17.6. The zero-order valence-electron chi connectivity index (χ0n) is 17.6. The van der Waals surface area contributed by atoms with E-state index < -0.39 is 17.7 Å². The Bertz CT molecular complexity index is 1100. The van der Waals surface area contributed by atoms with Crippen LogP contribution >= 0.6 is 0 Å². The van der Waals surface area contributed by atoms with Crippen molar-refractivity contribution in [2.45, 2.75) is 18.3 Å². The quantitative estimate of drug-likeness (QED) is 0.440. The minimum atomic E-state index is -0.811. The average molecular weight is 437 g/mol. The van der Waals surface area contributed by atoms with Crippen molar-refractivity contribution in [3.8, 4) is 11.1 Å². The van der Waals surface area contributed by atoms with E-state index in [-0.39, 0.29) is 11.1 Å². The molecule has 2 amide bonds. The Labute approximate surface area is 186 Å². The number of halogens is 2. The van der Waals surface area contributed by atoms with Gasteiger partial charge in [0.15, 0.2) is 0 Å². The molecule has 166 valence electrons. The van der Waals surface area contributed by atoms with E-state index in [4.69, 9.17) is 5.73 Å². The number of piperidine rings is 1. The van der Waals surface area contributed by atoms with E-state index in [9.17, 15) is 13.6 Å². The number of nitrogens with two attached hydrogens (primary N) is 1. The van der Waals surface area contributed by atoms with Gasteiger partial charge in [0, 0.05) is 23.7 Å². The third kappa shape index (κ3) is 4.89. The second kappa shape index (κ2) is 9.36. The van der Waals surface area contributed by atoms with Gasteiger partial charge in [-0.25, -0.2) is 13.6 Å². The number of carbonyl (C=O) groups is 1. The fourth-order valence-corrected chi connectivity index (χ4v) is 4.21. The highest BCUT2D eigenvalue weighted by atomic mass is 19.1. The lowest BCUT2D eigenvalue weighted by molar-refractivity contribution is 0.242. The molecule has 3 aromatic carbocycles. The Morgan fingerprint density at radius 3 is 2.41 bits per heavy atom. The summed E-state index contributed by atoms with van der Waals surface area (Å²) in [6, 6.07) is 18.6. The summed E-state index contributed by atoms with van der Waals surface area (Å²) in [5, 5.41) is 8.71. The van der Waals surface area contributed by atoms with Crippen LogP contribution in [0.5, 0.6) is 0 Å². The molecule has 0 radical (unpaired) electrons. The minimum Gasteiger partial charge on any atom is -0.399 e. The second-order valence-electron chi connectivity index (χ2n) is 8.16. The Hall–Kier alpha value is -3.45. The summed E-state index contributed by atoms with van der Waals surface area (Å²) in [6.45, 7) is 2.08. The molecule has 0 aliphatic carbocycles. The van der Waals surface area contributed by atoms with Crippen molar-refractivity contribution in [1.29, 1.82) is 0 Å². The van der Waals surface area contributed by atoms with Crippen molar-refractivity contribution >= 4 is 17.4 Å². The Morgan fingerprint density at radius 2 is 1.72 bits per heavy atom. The molecule has 5 nitrogen and oxygen atoms in total. The number of nitrogens with one attached hydrogen (secondary N) is 3. The monoisotopic (exact) mass is 436 g/mol. The summed E-state index contributed by atoms with van der Waals surface area (Å²) >= 11 is 0. The van der Waals surface area contributed by atoms with Crippen LogP contribution in [0.3, 0.4) is 0 Å². The van der Waals surface area contributed by atoms with Gasteiger partial charge >= 0.3 is 6.03 Å². The van der Waals surface area contributed by atoms with Crippen molar-refractivity contribution < 1.29 is 13.6 Å². The molecule has 32 heavy (non-hydrogen) atoms. The summed E-state index contributed by atoms with van der Waals surface area (Å²) in [7, 11) is 0. The third-order valence-electron chi connectivity index (χ3n) is 6.04. The standard InChI is InChI=1S/C25H26F2N4O/c26-20-8-9-23(22(27)15-20)31-24(32)30-16-25(10-12-29-13-11-25)19-6-4-17(5-7-19)18-2-1-3-21(28)14-18/h1-9,14-15,29H,10-13,16,28H2,(H2,30,31,32). The maximum Gasteiger partial charge on any atom is 0.319 e. The second-order valence-corrected chi connectivity index (χ2v) is 8.16. The van der Waals surface area contributed by atoms with E-state index in [2.05, 4.69) is 40.2 Å². The molecule has 0 unspecified atom stereocenters. The first-order valence-corrected chi connectivity index (χ1v) is 10.6. The number of anilines is 2. The summed E-state index contributed by atoms with van der Waals surface area (Å²) in [4.78, 5) is 12.4. The topological polar surface area (TPSA) is 79.2 Å². The van der Waals surface area contributed by atoms with Crippen LogP contribution in [0.4, 0.5) is 25.0 Å². The lowest BCUT2D eigenvalue weighted by Gasteiger charge is -2.38. The van der Waals surface area contributed by atoms with Gasteiger partial charge in [0.25, 0.3) is 0 Å². The molecular formula is C25H26F2N4O. The molecule has 3 aromatic rings. The molecule has 5 N–H and O–H groups in total. The first-order valence-electron chi connectivity index (χ1n) is 10.6. The summed E-state index contributed by atoms with van der Waals surface area (Å²) < 4.78 is 26.9. The number of urea groups is 1. The summed E-state index contributed by atoms with van der Waals surface area (Å²) in [6.07, 6.45) is 1.71. The molecule has 4 rings (SSSR count). The van der Waals surface area contributed by atoms with Crippen molar-refractivity contribution in [3.63, 3.8) is 0 Å². The van der Waals surface area contributed by atoms with Gasteiger partial charge in [-0.15, -0.1) is 0 Å². The van der Waals surface area contributed by atoms with Crippen LogP contribution in [-0.4, -0.2) is 25.7 Å². The molecule has 0 spiro atoms. The van der Waals surface area contributed by atoms with Gasteiger partial charge in [-0.05, 0) is 66.9 Å². The lowest BCUT2D eigenvalue weighted by Crippen LogP contribution is -2.48. The SMILES string of the molecule is Nc1cccc(-c2ccc(C3(CNC(=O)Nc4ccc(F)cc4F)CCNCC3)cc2)c1. The van der Waals surface area contributed by atoms with Crippen molar-refractivity contribution in [2.24, 2.45) is 0 Å². The molecule has 1 fully saturated rings. The fraction of sp³-hybridized carbons (Fsp3) is 0.240. The highest BCUT2D eigenvalue weighted by Crippen LogP contribution is 2.34.